The highest BCUT2D eigenvalue weighted by molar-refractivity contribution is 7.18. The molecule has 1 saturated heterocycles. The van der Waals surface area contributed by atoms with E-state index in [0.29, 0.717) is 19.8 Å². The molecule has 1 aliphatic heterocycles. The van der Waals surface area contributed by atoms with Gasteiger partial charge in [-0.05, 0) is 30.9 Å². The van der Waals surface area contributed by atoms with Crippen molar-refractivity contribution in [3.8, 4) is 0 Å². The SMILES string of the molecule is CN(Cc1nc2ccccc2s1)C(=O)C(N)C1CCOCC1. The summed E-state index contributed by atoms with van der Waals surface area (Å²) in [6, 6.07) is 7.57. The molecule has 118 valence electrons. The molecular weight excluding hydrogens is 298 g/mol. The number of hydrogen-bond donors (Lipinski definition) is 1. The van der Waals surface area contributed by atoms with Crippen LogP contribution < -0.4 is 5.73 Å². The second-order valence-corrected chi connectivity index (χ2v) is 6.86. The average Bonchev–Trinajstić information content (AvgIpc) is 2.96. The van der Waals surface area contributed by atoms with Gasteiger partial charge in [0.2, 0.25) is 5.91 Å². The Bertz CT molecular complexity index is 619. The fraction of sp³-hybridized carbons (Fsp3) is 0.500. The molecule has 0 bridgehead atoms. The number of aromatic nitrogens is 1. The first kappa shape index (κ1) is 15.4. The molecule has 3 rings (SSSR count). The predicted octanol–water partition coefficient (Wildman–Crippen LogP) is 2.01. The first-order valence-corrected chi connectivity index (χ1v) is 8.39. The zero-order valence-corrected chi connectivity index (χ0v) is 13.5. The smallest absolute Gasteiger partial charge is 0.239 e. The van der Waals surface area contributed by atoms with E-state index in [0.717, 1.165) is 28.1 Å². The summed E-state index contributed by atoms with van der Waals surface area (Å²) in [6.45, 7) is 1.91. The number of hydrogen-bond acceptors (Lipinski definition) is 5. The summed E-state index contributed by atoms with van der Waals surface area (Å²) in [5, 5.41) is 0.941. The normalized spacial score (nSPS) is 17.5. The van der Waals surface area contributed by atoms with Gasteiger partial charge < -0.3 is 15.4 Å². The number of nitrogens with zero attached hydrogens (tertiary/aromatic N) is 2. The van der Waals surface area contributed by atoms with Crippen molar-refractivity contribution in [3.05, 3.63) is 29.3 Å². The Morgan fingerprint density at radius 2 is 2.18 bits per heavy atom. The van der Waals surface area contributed by atoms with Gasteiger partial charge in [0.05, 0.1) is 22.8 Å². The number of carbonyl (C=O) groups excluding carboxylic acids is 1. The van der Waals surface area contributed by atoms with Crippen LogP contribution in [0.25, 0.3) is 10.2 Å². The van der Waals surface area contributed by atoms with Crippen LogP contribution >= 0.6 is 11.3 Å². The Morgan fingerprint density at radius 1 is 1.45 bits per heavy atom. The quantitative estimate of drug-likeness (QED) is 0.936. The molecule has 1 aromatic heterocycles. The Hall–Kier alpha value is -1.50. The largest absolute Gasteiger partial charge is 0.381 e. The van der Waals surface area contributed by atoms with Crippen molar-refractivity contribution in [1.82, 2.24) is 9.88 Å². The standard InChI is InChI=1S/C16H21N3O2S/c1-19(16(20)15(17)11-6-8-21-9-7-11)10-14-18-12-4-2-3-5-13(12)22-14/h2-5,11,15H,6-10,17H2,1H3. The summed E-state index contributed by atoms with van der Waals surface area (Å²) in [7, 11) is 1.80. The third-order valence-corrected chi connectivity index (χ3v) is 5.17. The van der Waals surface area contributed by atoms with Gasteiger partial charge in [0.15, 0.2) is 0 Å². The first-order chi connectivity index (χ1) is 10.6. The maximum absolute atomic E-state index is 12.5. The summed E-state index contributed by atoms with van der Waals surface area (Å²) in [5.74, 6) is 0.213. The Kier molecular flexibility index (Phi) is 4.71. The van der Waals surface area contributed by atoms with Crippen LogP contribution in [0.2, 0.25) is 0 Å². The van der Waals surface area contributed by atoms with E-state index >= 15 is 0 Å². The molecule has 1 aliphatic rings. The molecule has 0 saturated carbocycles. The number of benzene rings is 1. The van der Waals surface area contributed by atoms with Crippen molar-refractivity contribution in [2.24, 2.45) is 11.7 Å². The zero-order chi connectivity index (χ0) is 15.5. The molecule has 2 aromatic rings. The molecule has 2 N–H and O–H groups in total. The molecule has 0 aliphatic carbocycles. The van der Waals surface area contributed by atoms with Gasteiger partial charge in [-0.1, -0.05) is 12.1 Å². The Morgan fingerprint density at radius 3 is 2.91 bits per heavy atom. The second-order valence-electron chi connectivity index (χ2n) is 5.75. The third-order valence-electron chi connectivity index (χ3n) is 4.15. The van der Waals surface area contributed by atoms with E-state index in [1.807, 2.05) is 24.3 Å². The monoisotopic (exact) mass is 319 g/mol. The van der Waals surface area contributed by atoms with Gasteiger partial charge in [-0.25, -0.2) is 4.98 Å². The van der Waals surface area contributed by atoms with Crippen molar-refractivity contribution in [1.29, 1.82) is 0 Å². The van der Waals surface area contributed by atoms with E-state index in [9.17, 15) is 4.79 Å². The Labute approximate surface area is 134 Å². The topological polar surface area (TPSA) is 68.5 Å². The van der Waals surface area contributed by atoms with Crippen LogP contribution in [-0.2, 0) is 16.1 Å². The van der Waals surface area contributed by atoms with Crippen LogP contribution in [0.15, 0.2) is 24.3 Å². The van der Waals surface area contributed by atoms with E-state index in [4.69, 9.17) is 10.5 Å². The van der Waals surface area contributed by atoms with Crippen LogP contribution in [0, 0.1) is 5.92 Å². The molecule has 1 aromatic carbocycles. The summed E-state index contributed by atoms with van der Waals surface area (Å²) in [5.41, 5.74) is 7.14. The molecule has 6 heteroatoms. The van der Waals surface area contributed by atoms with Crippen molar-refractivity contribution in [2.75, 3.05) is 20.3 Å². The highest BCUT2D eigenvalue weighted by Gasteiger charge is 2.28. The lowest BCUT2D eigenvalue weighted by Gasteiger charge is -2.29. The summed E-state index contributed by atoms with van der Waals surface area (Å²) >= 11 is 1.62. The number of para-hydroxylation sites is 1. The van der Waals surface area contributed by atoms with Crippen LogP contribution in [0.5, 0.6) is 0 Å². The van der Waals surface area contributed by atoms with Crippen LogP contribution in [0.1, 0.15) is 17.8 Å². The van der Waals surface area contributed by atoms with Gasteiger partial charge in [-0.3, -0.25) is 4.79 Å². The average molecular weight is 319 g/mol. The summed E-state index contributed by atoms with van der Waals surface area (Å²) in [4.78, 5) is 18.8. The molecule has 1 fully saturated rings. The molecule has 1 amide bonds. The third kappa shape index (κ3) is 3.29. The van der Waals surface area contributed by atoms with Gasteiger partial charge in [0, 0.05) is 20.3 Å². The van der Waals surface area contributed by atoms with Gasteiger partial charge >= 0.3 is 0 Å². The molecule has 2 heterocycles. The number of fused-ring (bicyclic) bond motifs is 1. The molecule has 1 atom stereocenters. The molecule has 1 unspecified atom stereocenters. The maximum atomic E-state index is 12.5. The maximum Gasteiger partial charge on any atom is 0.239 e. The fourth-order valence-electron chi connectivity index (χ4n) is 2.80. The van der Waals surface area contributed by atoms with Crippen LogP contribution in [0.3, 0.4) is 0 Å². The number of ether oxygens (including phenoxy) is 1. The lowest BCUT2D eigenvalue weighted by Crippen LogP contribution is -2.47. The highest BCUT2D eigenvalue weighted by Crippen LogP contribution is 2.23. The van der Waals surface area contributed by atoms with E-state index in [1.54, 1.807) is 23.3 Å². The minimum Gasteiger partial charge on any atom is -0.381 e. The van der Waals surface area contributed by atoms with Gasteiger partial charge in [-0.2, -0.15) is 0 Å². The Balaban J connectivity index is 1.64. The van der Waals surface area contributed by atoms with Crippen LogP contribution in [-0.4, -0.2) is 42.1 Å². The van der Waals surface area contributed by atoms with Crippen molar-refractivity contribution in [2.45, 2.75) is 25.4 Å². The molecular formula is C16H21N3O2S. The number of nitrogens with two attached hydrogens (primary N) is 1. The summed E-state index contributed by atoms with van der Waals surface area (Å²) < 4.78 is 6.48. The minimum absolute atomic E-state index is 0.00819. The summed E-state index contributed by atoms with van der Waals surface area (Å²) in [6.07, 6.45) is 1.73. The molecule has 22 heavy (non-hydrogen) atoms. The predicted molar refractivity (Wildman–Crippen MR) is 87.6 cm³/mol. The van der Waals surface area contributed by atoms with E-state index in [2.05, 4.69) is 4.98 Å². The van der Waals surface area contributed by atoms with Crippen molar-refractivity contribution >= 4 is 27.5 Å². The molecule has 0 spiro atoms. The van der Waals surface area contributed by atoms with E-state index in [1.165, 1.54) is 0 Å². The lowest BCUT2D eigenvalue weighted by molar-refractivity contribution is -0.133. The highest BCUT2D eigenvalue weighted by atomic mass is 32.1. The van der Waals surface area contributed by atoms with Crippen molar-refractivity contribution < 1.29 is 9.53 Å². The number of likely N-dealkylation sites (N-methyl/N-ethyl adjacent to an activating group) is 1. The van der Waals surface area contributed by atoms with Gasteiger partial charge in [0.25, 0.3) is 0 Å². The fourth-order valence-corrected chi connectivity index (χ4v) is 3.82. The van der Waals surface area contributed by atoms with Gasteiger partial charge in [0.1, 0.15) is 5.01 Å². The van der Waals surface area contributed by atoms with E-state index in [-0.39, 0.29) is 11.8 Å². The number of rotatable bonds is 4. The van der Waals surface area contributed by atoms with E-state index < -0.39 is 6.04 Å². The molecule has 5 nitrogen and oxygen atoms in total. The first-order valence-electron chi connectivity index (χ1n) is 7.58. The minimum atomic E-state index is -0.441. The molecule has 0 radical (unpaired) electrons. The second kappa shape index (κ2) is 6.73. The van der Waals surface area contributed by atoms with Crippen LogP contribution in [0.4, 0.5) is 0 Å². The van der Waals surface area contributed by atoms with Crippen molar-refractivity contribution in [3.63, 3.8) is 0 Å². The zero-order valence-electron chi connectivity index (χ0n) is 12.7. The van der Waals surface area contributed by atoms with Gasteiger partial charge in [-0.15, -0.1) is 11.3 Å². The number of carbonyl (C=O) groups is 1. The number of thiazole rings is 1. The number of amides is 1. The lowest BCUT2D eigenvalue weighted by atomic mass is 9.91.